The number of nitrogens with zero attached hydrogens (tertiary/aromatic N) is 1. The van der Waals surface area contributed by atoms with Crippen molar-refractivity contribution in [3.8, 4) is 11.5 Å². The predicted molar refractivity (Wildman–Crippen MR) is 115 cm³/mol. The third-order valence-electron chi connectivity index (χ3n) is 4.27. The van der Waals surface area contributed by atoms with Gasteiger partial charge >= 0.3 is 0 Å². The second kappa shape index (κ2) is 13.2. The molecule has 0 bridgehead atoms. The number of nitrogens with one attached hydrogen (secondary N) is 2. The number of pyridine rings is 1. The summed E-state index contributed by atoms with van der Waals surface area (Å²) in [4.78, 5) is 16.2. The van der Waals surface area contributed by atoms with Crippen LogP contribution in [0.25, 0.3) is 0 Å². The topological polar surface area (TPSA) is 81.7 Å². The summed E-state index contributed by atoms with van der Waals surface area (Å²) in [5.41, 5.74) is 1.93. The second-order valence-electron chi connectivity index (χ2n) is 6.34. The Kier molecular flexibility index (Phi) is 11.4. The zero-order valence-corrected chi connectivity index (χ0v) is 17.9. The van der Waals surface area contributed by atoms with Crippen LogP contribution in [0.4, 0.5) is 0 Å². The molecule has 1 atom stereocenters. The van der Waals surface area contributed by atoms with E-state index >= 15 is 0 Å². The molecule has 1 aliphatic heterocycles. The number of halogens is 2. The number of amides is 1. The molecule has 0 aliphatic carbocycles. The SMILES string of the molecule is COc1cc(CNC(=O)CC2COCCN2)ccc1OCc1cccnc1.Cl.Cl. The molecule has 2 heterocycles. The van der Waals surface area contributed by atoms with E-state index in [9.17, 15) is 4.79 Å². The molecule has 1 aromatic heterocycles. The van der Waals surface area contributed by atoms with Crippen molar-refractivity contribution < 1.29 is 19.0 Å². The van der Waals surface area contributed by atoms with Crippen molar-refractivity contribution >= 4 is 30.7 Å². The van der Waals surface area contributed by atoms with E-state index in [0.29, 0.717) is 44.3 Å². The average molecular weight is 444 g/mol. The Balaban J connectivity index is 0.00000210. The van der Waals surface area contributed by atoms with Gasteiger partial charge in [0.1, 0.15) is 6.61 Å². The Labute approximate surface area is 183 Å². The van der Waals surface area contributed by atoms with E-state index in [1.54, 1.807) is 19.5 Å². The standard InChI is InChI=1S/C20H25N3O4.2ClH/c1-25-19-9-15(12-23-20(24)10-17-14-26-8-7-22-17)4-5-18(19)27-13-16-3-2-6-21-11-16;;/h2-6,9,11,17,22H,7-8,10,12-14H2,1H3,(H,23,24);2*1H. The molecule has 29 heavy (non-hydrogen) atoms. The molecule has 2 N–H and O–H groups in total. The number of carbonyl (C=O) groups excluding carboxylic acids is 1. The maximum absolute atomic E-state index is 12.1. The Morgan fingerprint density at radius 3 is 2.83 bits per heavy atom. The number of hydrogen-bond acceptors (Lipinski definition) is 6. The van der Waals surface area contributed by atoms with Crippen LogP contribution >= 0.6 is 24.8 Å². The molecule has 1 unspecified atom stereocenters. The zero-order valence-electron chi connectivity index (χ0n) is 16.3. The molecule has 0 saturated carbocycles. The van der Waals surface area contributed by atoms with Crippen LogP contribution < -0.4 is 20.1 Å². The zero-order chi connectivity index (χ0) is 18.9. The third kappa shape index (κ3) is 8.06. The molecular formula is C20H27Cl2N3O4. The van der Waals surface area contributed by atoms with Gasteiger partial charge in [-0.25, -0.2) is 0 Å². The van der Waals surface area contributed by atoms with Gasteiger partial charge in [0, 0.05) is 43.5 Å². The number of aromatic nitrogens is 1. The maximum Gasteiger partial charge on any atom is 0.221 e. The molecule has 7 nitrogen and oxygen atoms in total. The average Bonchev–Trinajstić information content (AvgIpc) is 2.72. The van der Waals surface area contributed by atoms with Crippen molar-refractivity contribution in [3.63, 3.8) is 0 Å². The molecule has 160 valence electrons. The quantitative estimate of drug-likeness (QED) is 0.652. The predicted octanol–water partition coefficient (Wildman–Crippen LogP) is 2.51. The first-order valence-electron chi connectivity index (χ1n) is 9.01. The molecule has 0 spiro atoms. The lowest BCUT2D eigenvalue weighted by molar-refractivity contribution is -0.122. The van der Waals surface area contributed by atoms with E-state index in [1.807, 2.05) is 30.3 Å². The summed E-state index contributed by atoms with van der Waals surface area (Å²) in [5, 5.41) is 6.21. The molecule has 2 aromatic rings. The van der Waals surface area contributed by atoms with Crippen LogP contribution in [0.3, 0.4) is 0 Å². The van der Waals surface area contributed by atoms with E-state index in [1.165, 1.54) is 0 Å². The second-order valence-corrected chi connectivity index (χ2v) is 6.34. The van der Waals surface area contributed by atoms with Gasteiger partial charge in [0.2, 0.25) is 5.91 Å². The minimum absolute atomic E-state index is 0. The smallest absolute Gasteiger partial charge is 0.221 e. The van der Waals surface area contributed by atoms with E-state index < -0.39 is 0 Å². The van der Waals surface area contributed by atoms with Gasteiger partial charge in [-0.1, -0.05) is 12.1 Å². The highest BCUT2D eigenvalue weighted by Crippen LogP contribution is 2.28. The fourth-order valence-electron chi connectivity index (χ4n) is 2.83. The lowest BCUT2D eigenvalue weighted by Crippen LogP contribution is -2.44. The van der Waals surface area contributed by atoms with Crippen LogP contribution in [0.1, 0.15) is 17.5 Å². The van der Waals surface area contributed by atoms with Crippen LogP contribution in [0.2, 0.25) is 0 Å². The highest BCUT2D eigenvalue weighted by Gasteiger charge is 2.16. The first kappa shape index (κ1) is 25.0. The molecule has 3 rings (SSSR count). The van der Waals surface area contributed by atoms with Gasteiger partial charge in [-0.15, -0.1) is 24.8 Å². The number of benzene rings is 1. The van der Waals surface area contributed by atoms with Crippen LogP contribution in [0.15, 0.2) is 42.7 Å². The summed E-state index contributed by atoms with van der Waals surface area (Å²) in [6.45, 7) is 2.91. The monoisotopic (exact) mass is 443 g/mol. The summed E-state index contributed by atoms with van der Waals surface area (Å²) in [6.07, 6.45) is 3.90. The number of hydrogen-bond donors (Lipinski definition) is 2. The molecule has 0 radical (unpaired) electrons. The maximum atomic E-state index is 12.1. The van der Waals surface area contributed by atoms with Gasteiger partial charge in [-0.05, 0) is 23.8 Å². The van der Waals surface area contributed by atoms with Gasteiger partial charge in [-0.3, -0.25) is 9.78 Å². The lowest BCUT2D eigenvalue weighted by Gasteiger charge is -2.23. The number of methoxy groups -OCH3 is 1. The Bertz CT molecular complexity index is 744. The minimum atomic E-state index is -0.00568. The fourth-order valence-corrected chi connectivity index (χ4v) is 2.83. The summed E-state index contributed by atoms with van der Waals surface area (Å²) in [5.74, 6) is 1.28. The van der Waals surface area contributed by atoms with Crippen LogP contribution in [-0.2, 0) is 22.7 Å². The Morgan fingerprint density at radius 2 is 2.14 bits per heavy atom. The van der Waals surface area contributed by atoms with E-state index in [0.717, 1.165) is 17.7 Å². The van der Waals surface area contributed by atoms with Crippen LogP contribution in [0, 0.1) is 0 Å². The molecular weight excluding hydrogens is 417 g/mol. The van der Waals surface area contributed by atoms with Gasteiger partial charge in [0.15, 0.2) is 11.5 Å². The van der Waals surface area contributed by atoms with Crippen molar-refractivity contribution in [2.45, 2.75) is 25.6 Å². The first-order chi connectivity index (χ1) is 13.2. The number of rotatable bonds is 8. The minimum Gasteiger partial charge on any atom is -0.493 e. The summed E-state index contributed by atoms with van der Waals surface area (Å²) in [6, 6.07) is 9.56. The summed E-state index contributed by atoms with van der Waals surface area (Å²) >= 11 is 0. The van der Waals surface area contributed by atoms with E-state index in [2.05, 4.69) is 15.6 Å². The molecule has 9 heteroatoms. The summed E-state index contributed by atoms with van der Waals surface area (Å²) in [7, 11) is 1.60. The van der Waals surface area contributed by atoms with Crippen molar-refractivity contribution in [1.29, 1.82) is 0 Å². The summed E-state index contributed by atoms with van der Waals surface area (Å²) < 4.78 is 16.6. The molecule has 1 aliphatic rings. The van der Waals surface area contributed by atoms with Gasteiger partial charge < -0.3 is 24.8 Å². The molecule has 1 amide bonds. The fraction of sp³-hybridized carbons (Fsp3) is 0.400. The molecule has 1 fully saturated rings. The van der Waals surface area contributed by atoms with Crippen molar-refractivity contribution in [3.05, 3.63) is 53.9 Å². The highest BCUT2D eigenvalue weighted by atomic mass is 35.5. The number of morpholine rings is 1. The Morgan fingerprint density at radius 1 is 1.28 bits per heavy atom. The van der Waals surface area contributed by atoms with Crippen molar-refractivity contribution in [1.82, 2.24) is 15.6 Å². The third-order valence-corrected chi connectivity index (χ3v) is 4.27. The lowest BCUT2D eigenvalue weighted by atomic mass is 10.1. The van der Waals surface area contributed by atoms with Crippen molar-refractivity contribution in [2.75, 3.05) is 26.9 Å². The first-order valence-corrected chi connectivity index (χ1v) is 9.01. The largest absolute Gasteiger partial charge is 0.493 e. The molecule has 1 aromatic carbocycles. The number of ether oxygens (including phenoxy) is 3. The van der Waals surface area contributed by atoms with Gasteiger partial charge in [-0.2, -0.15) is 0 Å². The van der Waals surface area contributed by atoms with Gasteiger partial charge in [0.05, 0.1) is 20.3 Å². The molecule has 1 saturated heterocycles. The van der Waals surface area contributed by atoms with Crippen molar-refractivity contribution in [2.24, 2.45) is 0 Å². The Hall–Kier alpha value is -2.06. The van der Waals surface area contributed by atoms with Crippen LogP contribution in [0.5, 0.6) is 11.5 Å². The van der Waals surface area contributed by atoms with E-state index in [-0.39, 0.29) is 36.8 Å². The van der Waals surface area contributed by atoms with E-state index in [4.69, 9.17) is 14.2 Å². The number of carbonyl (C=O) groups is 1. The van der Waals surface area contributed by atoms with Gasteiger partial charge in [0.25, 0.3) is 0 Å². The van der Waals surface area contributed by atoms with Crippen LogP contribution in [-0.4, -0.2) is 43.8 Å². The highest BCUT2D eigenvalue weighted by molar-refractivity contribution is 5.85. The normalized spacial score (nSPS) is 15.4.